The van der Waals surface area contributed by atoms with Gasteiger partial charge in [-0.2, -0.15) is 11.8 Å². The first-order valence-corrected chi connectivity index (χ1v) is 8.28. The first-order chi connectivity index (χ1) is 10.7. The molecule has 0 aliphatic rings. The zero-order chi connectivity index (χ0) is 15.9. The van der Waals surface area contributed by atoms with Crippen LogP contribution in [0.1, 0.15) is 16.8 Å². The number of carbonyl (C=O) groups excluding carboxylic acids is 2. The second kappa shape index (κ2) is 7.82. The molecule has 1 atom stereocenters. The standard InChI is InChI=1S/C16H18N2O3S/c1-22-10-9-14(16(20)18-21)17-15(19)13-8-4-6-11-5-2-3-7-12(11)13/h2-8,14,21H,9-10H2,1H3,(H,17,19)(H,18,20). The van der Waals surface area contributed by atoms with Crippen molar-refractivity contribution < 1.29 is 14.8 Å². The molecule has 22 heavy (non-hydrogen) atoms. The smallest absolute Gasteiger partial charge is 0.265 e. The average molecular weight is 318 g/mol. The number of rotatable bonds is 6. The van der Waals surface area contributed by atoms with Crippen LogP contribution < -0.4 is 10.8 Å². The lowest BCUT2D eigenvalue weighted by molar-refractivity contribution is -0.131. The van der Waals surface area contributed by atoms with Gasteiger partial charge in [0.25, 0.3) is 11.8 Å². The third-order valence-corrected chi connectivity index (χ3v) is 4.02. The molecule has 0 saturated carbocycles. The zero-order valence-electron chi connectivity index (χ0n) is 12.2. The fraction of sp³-hybridized carbons (Fsp3) is 0.250. The van der Waals surface area contributed by atoms with Crippen LogP contribution in [0.25, 0.3) is 10.8 Å². The predicted octanol–water partition coefficient (Wildman–Crippen LogP) is 2.20. The largest absolute Gasteiger partial charge is 0.340 e. The van der Waals surface area contributed by atoms with Gasteiger partial charge in [-0.05, 0) is 35.3 Å². The molecule has 3 N–H and O–H groups in total. The molecule has 0 radical (unpaired) electrons. The number of hydrogen-bond donors (Lipinski definition) is 3. The summed E-state index contributed by atoms with van der Waals surface area (Å²) in [6.07, 6.45) is 2.37. The summed E-state index contributed by atoms with van der Waals surface area (Å²) in [5.74, 6) is -0.234. The number of hydroxylamine groups is 1. The molecule has 0 fully saturated rings. The van der Waals surface area contributed by atoms with Gasteiger partial charge in [0.15, 0.2) is 0 Å². The van der Waals surface area contributed by atoms with Gasteiger partial charge in [0.2, 0.25) is 0 Å². The van der Waals surface area contributed by atoms with Crippen molar-refractivity contribution in [3.8, 4) is 0 Å². The number of fused-ring (bicyclic) bond motifs is 1. The molecule has 0 heterocycles. The van der Waals surface area contributed by atoms with Crippen LogP contribution in [0.15, 0.2) is 42.5 Å². The number of thioether (sulfide) groups is 1. The summed E-state index contributed by atoms with van der Waals surface area (Å²) in [5, 5.41) is 13.3. The summed E-state index contributed by atoms with van der Waals surface area (Å²) >= 11 is 1.57. The molecular weight excluding hydrogens is 300 g/mol. The van der Waals surface area contributed by atoms with Crippen LogP contribution >= 0.6 is 11.8 Å². The Morgan fingerprint density at radius 2 is 1.91 bits per heavy atom. The Bertz CT molecular complexity index is 670. The van der Waals surface area contributed by atoms with Crippen molar-refractivity contribution in [2.24, 2.45) is 0 Å². The zero-order valence-corrected chi connectivity index (χ0v) is 13.0. The van der Waals surface area contributed by atoms with Gasteiger partial charge >= 0.3 is 0 Å². The van der Waals surface area contributed by atoms with Gasteiger partial charge < -0.3 is 5.32 Å². The van der Waals surface area contributed by atoms with E-state index in [2.05, 4.69) is 5.32 Å². The SMILES string of the molecule is CSCCC(NC(=O)c1cccc2ccccc12)C(=O)NO. The van der Waals surface area contributed by atoms with Crippen molar-refractivity contribution in [2.45, 2.75) is 12.5 Å². The highest BCUT2D eigenvalue weighted by Gasteiger charge is 2.21. The highest BCUT2D eigenvalue weighted by atomic mass is 32.2. The van der Waals surface area contributed by atoms with Gasteiger partial charge in [-0.3, -0.25) is 14.8 Å². The Morgan fingerprint density at radius 3 is 2.64 bits per heavy atom. The van der Waals surface area contributed by atoms with Gasteiger partial charge in [-0.1, -0.05) is 36.4 Å². The first-order valence-electron chi connectivity index (χ1n) is 6.89. The van der Waals surface area contributed by atoms with E-state index in [4.69, 9.17) is 5.21 Å². The molecule has 1 unspecified atom stereocenters. The molecule has 0 aliphatic carbocycles. The fourth-order valence-electron chi connectivity index (χ4n) is 2.24. The van der Waals surface area contributed by atoms with E-state index in [1.165, 1.54) is 0 Å². The topological polar surface area (TPSA) is 78.4 Å². The molecule has 2 amide bonds. The van der Waals surface area contributed by atoms with Gasteiger partial charge in [0, 0.05) is 5.56 Å². The maximum atomic E-state index is 12.5. The van der Waals surface area contributed by atoms with Crippen molar-refractivity contribution in [2.75, 3.05) is 12.0 Å². The minimum Gasteiger partial charge on any atom is -0.340 e. The summed E-state index contributed by atoms with van der Waals surface area (Å²) < 4.78 is 0. The van der Waals surface area contributed by atoms with Crippen molar-refractivity contribution in [3.05, 3.63) is 48.0 Å². The van der Waals surface area contributed by atoms with Crippen LogP contribution in [0.4, 0.5) is 0 Å². The van der Waals surface area contributed by atoms with Gasteiger partial charge in [0.1, 0.15) is 6.04 Å². The number of amides is 2. The monoisotopic (exact) mass is 318 g/mol. The highest BCUT2D eigenvalue weighted by Crippen LogP contribution is 2.18. The Morgan fingerprint density at radius 1 is 1.18 bits per heavy atom. The van der Waals surface area contributed by atoms with Gasteiger partial charge in [-0.15, -0.1) is 0 Å². The molecule has 6 heteroatoms. The van der Waals surface area contributed by atoms with Crippen LogP contribution in [-0.2, 0) is 4.79 Å². The molecule has 0 spiro atoms. The van der Waals surface area contributed by atoms with E-state index < -0.39 is 11.9 Å². The molecule has 2 rings (SSSR count). The lowest BCUT2D eigenvalue weighted by Crippen LogP contribution is -2.46. The van der Waals surface area contributed by atoms with Crippen molar-refractivity contribution >= 4 is 34.3 Å². The van der Waals surface area contributed by atoms with E-state index in [1.807, 2.05) is 36.6 Å². The Hall–Kier alpha value is -2.05. The van der Waals surface area contributed by atoms with E-state index in [9.17, 15) is 9.59 Å². The average Bonchev–Trinajstić information content (AvgIpc) is 2.57. The Kier molecular flexibility index (Phi) is 5.80. The highest BCUT2D eigenvalue weighted by molar-refractivity contribution is 7.98. The van der Waals surface area contributed by atoms with E-state index in [1.54, 1.807) is 29.4 Å². The van der Waals surface area contributed by atoms with Crippen molar-refractivity contribution in [3.63, 3.8) is 0 Å². The number of hydrogen-bond acceptors (Lipinski definition) is 4. The molecule has 2 aromatic rings. The minimum atomic E-state index is -0.760. The normalized spacial score (nSPS) is 11.9. The lowest BCUT2D eigenvalue weighted by atomic mass is 10.0. The third kappa shape index (κ3) is 3.78. The number of carbonyl (C=O) groups is 2. The van der Waals surface area contributed by atoms with Crippen molar-refractivity contribution in [1.29, 1.82) is 0 Å². The second-order valence-electron chi connectivity index (χ2n) is 4.81. The Labute approximate surface area is 133 Å². The maximum absolute atomic E-state index is 12.5. The van der Waals surface area contributed by atoms with Crippen LogP contribution in [0, 0.1) is 0 Å². The minimum absolute atomic E-state index is 0.327. The lowest BCUT2D eigenvalue weighted by Gasteiger charge is -2.17. The van der Waals surface area contributed by atoms with Crippen LogP contribution in [0.5, 0.6) is 0 Å². The first kappa shape index (κ1) is 16.3. The van der Waals surface area contributed by atoms with Crippen LogP contribution in [-0.4, -0.2) is 35.1 Å². The number of benzene rings is 2. The van der Waals surface area contributed by atoms with Crippen molar-refractivity contribution in [1.82, 2.24) is 10.8 Å². The molecular formula is C16H18N2O3S. The van der Waals surface area contributed by atoms with E-state index >= 15 is 0 Å². The van der Waals surface area contributed by atoms with Crippen LogP contribution in [0.3, 0.4) is 0 Å². The third-order valence-electron chi connectivity index (χ3n) is 3.38. The van der Waals surface area contributed by atoms with E-state index in [0.717, 1.165) is 10.8 Å². The summed E-state index contributed by atoms with van der Waals surface area (Å²) in [5.41, 5.74) is 2.12. The van der Waals surface area contributed by atoms with Gasteiger partial charge in [-0.25, -0.2) is 5.48 Å². The molecule has 0 bridgehead atoms. The predicted molar refractivity (Wildman–Crippen MR) is 88.1 cm³/mol. The van der Waals surface area contributed by atoms with E-state index in [-0.39, 0.29) is 5.91 Å². The van der Waals surface area contributed by atoms with Crippen LogP contribution in [0.2, 0.25) is 0 Å². The maximum Gasteiger partial charge on any atom is 0.265 e. The summed E-state index contributed by atoms with van der Waals surface area (Å²) in [6.45, 7) is 0. The molecule has 5 nitrogen and oxygen atoms in total. The fourth-order valence-corrected chi connectivity index (χ4v) is 2.71. The number of nitrogens with one attached hydrogen (secondary N) is 2. The summed E-state index contributed by atoms with van der Waals surface area (Å²) in [7, 11) is 0. The molecule has 116 valence electrons. The van der Waals surface area contributed by atoms with E-state index in [0.29, 0.717) is 17.7 Å². The Balaban J connectivity index is 2.23. The molecule has 0 saturated heterocycles. The quantitative estimate of drug-likeness (QED) is 0.563. The van der Waals surface area contributed by atoms with Gasteiger partial charge in [0.05, 0.1) is 0 Å². The molecule has 0 aromatic heterocycles. The summed E-state index contributed by atoms with van der Waals surface area (Å²) in [4.78, 5) is 24.1. The second-order valence-corrected chi connectivity index (χ2v) is 5.80. The summed E-state index contributed by atoms with van der Waals surface area (Å²) in [6, 6.07) is 12.3. The molecule has 2 aromatic carbocycles. The molecule has 0 aliphatic heterocycles.